The van der Waals surface area contributed by atoms with Crippen molar-refractivity contribution in [2.24, 2.45) is 0 Å². The number of benzene rings is 2. The van der Waals surface area contributed by atoms with E-state index in [0.29, 0.717) is 12.1 Å². The molecule has 0 saturated heterocycles. The van der Waals surface area contributed by atoms with Gasteiger partial charge >= 0.3 is 0 Å². The zero-order valence-electron chi connectivity index (χ0n) is 11.5. The molecule has 0 radical (unpaired) electrons. The topological polar surface area (TPSA) is 58.2 Å². The second-order valence-electron chi connectivity index (χ2n) is 5.07. The second kappa shape index (κ2) is 5.77. The summed E-state index contributed by atoms with van der Waals surface area (Å²) in [6, 6.07) is 9.43. The minimum absolute atomic E-state index is 0.0417. The van der Waals surface area contributed by atoms with E-state index in [1.165, 1.54) is 18.2 Å². The van der Waals surface area contributed by atoms with Crippen LogP contribution in [0.5, 0.6) is 0 Å². The van der Waals surface area contributed by atoms with Crippen molar-refractivity contribution in [2.45, 2.75) is 12.8 Å². The van der Waals surface area contributed by atoms with Gasteiger partial charge in [-0.2, -0.15) is 0 Å². The number of rotatable bonds is 3. The molecule has 1 aliphatic heterocycles. The van der Waals surface area contributed by atoms with Gasteiger partial charge in [0.25, 0.3) is 0 Å². The van der Waals surface area contributed by atoms with Crippen LogP contribution in [0, 0.1) is 5.82 Å². The first kappa shape index (κ1) is 14.5. The lowest BCUT2D eigenvalue weighted by atomic mass is 10.1. The van der Waals surface area contributed by atoms with Crippen LogP contribution in [0.4, 0.5) is 15.8 Å². The normalized spacial score (nSPS) is 12.7. The van der Waals surface area contributed by atoms with Crippen molar-refractivity contribution >= 4 is 34.8 Å². The van der Waals surface area contributed by atoms with E-state index in [4.69, 9.17) is 11.6 Å². The molecule has 0 atom stereocenters. The maximum atomic E-state index is 13.1. The van der Waals surface area contributed by atoms with Crippen LogP contribution in [-0.4, -0.2) is 11.8 Å². The third-order valence-corrected chi connectivity index (χ3v) is 3.65. The lowest BCUT2D eigenvalue weighted by molar-refractivity contribution is -0.116. The maximum absolute atomic E-state index is 13.1. The number of hydrogen-bond donors (Lipinski definition) is 2. The minimum atomic E-state index is -0.532. The Labute approximate surface area is 131 Å². The number of anilines is 2. The van der Waals surface area contributed by atoms with E-state index in [9.17, 15) is 14.0 Å². The lowest BCUT2D eigenvalue weighted by Gasteiger charge is -2.07. The molecule has 2 amide bonds. The Morgan fingerprint density at radius 2 is 2.09 bits per heavy atom. The number of nitrogens with one attached hydrogen (secondary N) is 2. The van der Waals surface area contributed by atoms with Gasteiger partial charge in [-0.05, 0) is 35.4 Å². The molecule has 4 nitrogen and oxygen atoms in total. The molecule has 0 fully saturated rings. The van der Waals surface area contributed by atoms with Gasteiger partial charge < -0.3 is 10.6 Å². The highest BCUT2D eigenvalue weighted by molar-refractivity contribution is 6.31. The van der Waals surface area contributed by atoms with E-state index < -0.39 is 5.82 Å². The van der Waals surface area contributed by atoms with Crippen molar-refractivity contribution in [2.75, 3.05) is 10.6 Å². The van der Waals surface area contributed by atoms with Crippen molar-refractivity contribution in [3.63, 3.8) is 0 Å². The predicted molar refractivity (Wildman–Crippen MR) is 82.5 cm³/mol. The molecule has 0 bridgehead atoms. The molecule has 1 aliphatic rings. The molecule has 22 heavy (non-hydrogen) atoms. The van der Waals surface area contributed by atoms with E-state index in [-0.39, 0.29) is 23.3 Å². The summed E-state index contributed by atoms with van der Waals surface area (Å²) in [6.45, 7) is 0. The van der Waals surface area contributed by atoms with Crippen LogP contribution in [-0.2, 0) is 22.4 Å². The molecule has 0 aliphatic carbocycles. The van der Waals surface area contributed by atoms with Gasteiger partial charge in [0.05, 0.1) is 17.9 Å². The van der Waals surface area contributed by atoms with Gasteiger partial charge in [0.15, 0.2) is 0 Å². The van der Waals surface area contributed by atoms with Crippen molar-refractivity contribution in [1.29, 1.82) is 0 Å². The molecule has 2 aromatic rings. The molecule has 0 aromatic heterocycles. The van der Waals surface area contributed by atoms with Crippen LogP contribution in [0.2, 0.25) is 5.02 Å². The highest BCUT2D eigenvalue weighted by Crippen LogP contribution is 2.24. The van der Waals surface area contributed by atoms with Crippen LogP contribution in [0.15, 0.2) is 36.4 Å². The molecular formula is C16H12ClFN2O2. The standard InChI is InChI=1S/C16H12ClFN2O2/c17-12-8-11(2-3-13(12)18)19-15(21)6-9-1-4-14-10(5-9)7-16(22)20-14/h1-5,8H,6-7H2,(H,19,21)(H,20,22). The molecule has 0 unspecified atom stereocenters. The molecule has 0 spiro atoms. The fourth-order valence-electron chi connectivity index (χ4n) is 2.36. The van der Waals surface area contributed by atoms with Gasteiger partial charge in [-0.3, -0.25) is 9.59 Å². The SMILES string of the molecule is O=C(Cc1ccc2c(c1)CC(=O)N2)Nc1ccc(F)c(Cl)c1. The molecule has 2 N–H and O–H groups in total. The number of fused-ring (bicyclic) bond motifs is 1. The highest BCUT2D eigenvalue weighted by atomic mass is 35.5. The Morgan fingerprint density at radius 1 is 1.27 bits per heavy atom. The molecule has 2 aromatic carbocycles. The van der Waals surface area contributed by atoms with E-state index in [0.717, 1.165) is 16.8 Å². The number of carbonyl (C=O) groups is 2. The summed E-state index contributed by atoms with van der Waals surface area (Å²) in [7, 11) is 0. The van der Waals surface area contributed by atoms with E-state index in [1.54, 1.807) is 12.1 Å². The minimum Gasteiger partial charge on any atom is -0.326 e. The first-order chi connectivity index (χ1) is 10.5. The summed E-state index contributed by atoms with van der Waals surface area (Å²) in [4.78, 5) is 23.3. The van der Waals surface area contributed by atoms with E-state index in [2.05, 4.69) is 10.6 Å². The fraction of sp³-hybridized carbons (Fsp3) is 0.125. The quantitative estimate of drug-likeness (QED) is 0.913. The summed E-state index contributed by atoms with van der Waals surface area (Å²) >= 11 is 5.67. The largest absolute Gasteiger partial charge is 0.326 e. The molecule has 112 valence electrons. The number of hydrogen-bond acceptors (Lipinski definition) is 2. The van der Waals surface area contributed by atoms with Gasteiger partial charge in [0.2, 0.25) is 11.8 Å². The maximum Gasteiger partial charge on any atom is 0.228 e. The Hall–Kier alpha value is -2.40. The van der Waals surface area contributed by atoms with Crippen LogP contribution in [0.3, 0.4) is 0 Å². The lowest BCUT2D eigenvalue weighted by Crippen LogP contribution is -2.14. The first-order valence-corrected chi connectivity index (χ1v) is 7.05. The van der Waals surface area contributed by atoms with Gasteiger partial charge in [-0.15, -0.1) is 0 Å². The van der Waals surface area contributed by atoms with E-state index in [1.807, 2.05) is 6.07 Å². The van der Waals surface area contributed by atoms with Crippen LogP contribution in [0.1, 0.15) is 11.1 Å². The Balaban J connectivity index is 1.68. The number of amides is 2. The monoisotopic (exact) mass is 318 g/mol. The zero-order valence-corrected chi connectivity index (χ0v) is 12.2. The Kier molecular flexibility index (Phi) is 3.81. The fourth-order valence-corrected chi connectivity index (χ4v) is 2.54. The number of halogens is 2. The smallest absolute Gasteiger partial charge is 0.228 e. The average Bonchev–Trinajstić information content (AvgIpc) is 2.82. The third kappa shape index (κ3) is 3.09. The van der Waals surface area contributed by atoms with Crippen molar-refractivity contribution in [3.8, 4) is 0 Å². The Bertz CT molecular complexity index is 777. The Morgan fingerprint density at radius 3 is 2.86 bits per heavy atom. The van der Waals surface area contributed by atoms with Crippen molar-refractivity contribution in [1.82, 2.24) is 0 Å². The summed E-state index contributed by atoms with van der Waals surface area (Å²) in [5.41, 5.74) is 2.93. The molecular weight excluding hydrogens is 307 g/mol. The summed E-state index contributed by atoms with van der Waals surface area (Å²) < 4.78 is 13.1. The van der Waals surface area contributed by atoms with Crippen LogP contribution < -0.4 is 10.6 Å². The summed E-state index contributed by atoms with van der Waals surface area (Å²) in [5.74, 6) is -0.812. The molecule has 1 heterocycles. The van der Waals surface area contributed by atoms with Crippen molar-refractivity contribution in [3.05, 3.63) is 58.4 Å². The summed E-state index contributed by atoms with van der Waals surface area (Å²) in [5, 5.41) is 5.36. The predicted octanol–water partition coefficient (Wildman–Crippen LogP) is 3.15. The average molecular weight is 319 g/mol. The molecule has 3 rings (SSSR count). The highest BCUT2D eigenvalue weighted by Gasteiger charge is 2.18. The van der Waals surface area contributed by atoms with Gasteiger partial charge in [0, 0.05) is 11.4 Å². The summed E-state index contributed by atoms with van der Waals surface area (Å²) in [6.07, 6.45) is 0.495. The zero-order chi connectivity index (χ0) is 15.7. The second-order valence-corrected chi connectivity index (χ2v) is 5.48. The van der Waals surface area contributed by atoms with Gasteiger partial charge in [-0.25, -0.2) is 4.39 Å². The first-order valence-electron chi connectivity index (χ1n) is 6.68. The van der Waals surface area contributed by atoms with Crippen LogP contribution >= 0.6 is 11.6 Å². The molecule has 6 heteroatoms. The molecule has 0 saturated carbocycles. The number of carbonyl (C=O) groups excluding carboxylic acids is 2. The van der Waals surface area contributed by atoms with Gasteiger partial charge in [-0.1, -0.05) is 23.7 Å². The third-order valence-electron chi connectivity index (χ3n) is 3.36. The van der Waals surface area contributed by atoms with E-state index >= 15 is 0 Å². The van der Waals surface area contributed by atoms with Gasteiger partial charge in [0.1, 0.15) is 5.82 Å². The van der Waals surface area contributed by atoms with Crippen LogP contribution in [0.25, 0.3) is 0 Å². The van der Waals surface area contributed by atoms with Crippen molar-refractivity contribution < 1.29 is 14.0 Å².